The van der Waals surface area contributed by atoms with E-state index in [0.717, 1.165) is 11.1 Å². The molecule has 0 aromatic heterocycles. The molecule has 1 aromatic carbocycles. The Kier molecular flexibility index (Phi) is 6.34. The van der Waals surface area contributed by atoms with Crippen molar-refractivity contribution in [1.82, 2.24) is 5.32 Å². The molecule has 0 radical (unpaired) electrons. The van der Waals surface area contributed by atoms with Gasteiger partial charge in [-0.15, -0.1) is 0 Å². The van der Waals surface area contributed by atoms with Gasteiger partial charge < -0.3 is 19.9 Å². The first-order valence-corrected chi connectivity index (χ1v) is 8.17. The molecule has 1 fully saturated rings. The van der Waals surface area contributed by atoms with Crippen LogP contribution >= 0.6 is 0 Å². The maximum atomic E-state index is 13.0. The third-order valence-electron chi connectivity index (χ3n) is 4.60. The van der Waals surface area contributed by atoms with Crippen molar-refractivity contribution in [3.63, 3.8) is 0 Å². The summed E-state index contributed by atoms with van der Waals surface area (Å²) in [6.07, 6.45) is 1.31. The van der Waals surface area contributed by atoms with Gasteiger partial charge in [-0.2, -0.15) is 0 Å². The van der Waals surface area contributed by atoms with Gasteiger partial charge in [-0.1, -0.05) is 29.8 Å². The highest BCUT2D eigenvalue weighted by atomic mass is 16.5. The number of nitrogens with one attached hydrogen (secondary N) is 1. The summed E-state index contributed by atoms with van der Waals surface area (Å²) < 4.78 is 10.4. The van der Waals surface area contributed by atoms with Gasteiger partial charge in [0.15, 0.2) is 0 Å². The second-order valence-corrected chi connectivity index (χ2v) is 6.21. The van der Waals surface area contributed by atoms with Gasteiger partial charge in [0, 0.05) is 33.4 Å². The smallest absolute Gasteiger partial charge is 0.326 e. The summed E-state index contributed by atoms with van der Waals surface area (Å²) in [5.41, 5.74) is 1.28. The van der Waals surface area contributed by atoms with Crippen molar-refractivity contribution < 1.29 is 24.2 Å². The highest BCUT2D eigenvalue weighted by Crippen LogP contribution is 2.35. The van der Waals surface area contributed by atoms with Crippen LogP contribution in [0.1, 0.15) is 30.4 Å². The Bertz CT molecular complexity index is 563. The van der Waals surface area contributed by atoms with E-state index < -0.39 is 17.4 Å². The highest BCUT2D eigenvalue weighted by molar-refractivity contribution is 5.91. The van der Waals surface area contributed by atoms with Crippen molar-refractivity contribution in [2.45, 2.75) is 37.6 Å². The van der Waals surface area contributed by atoms with Crippen LogP contribution in [0.4, 0.5) is 0 Å². The van der Waals surface area contributed by atoms with E-state index in [9.17, 15) is 14.7 Å². The lowest BCUT2D eigenvalue weighted by molar-refractivity contribution is -0.144. The van der Waals surface area contributed by atoms with Crippen LogP contribution in [0.15, 0.2) is 24.3 Å². The molecule has 132 valence electrons. The van der Waals surface area contributed by atoms with Crippen molar-refractivity contribution in [2.75, 3.05) is 26.9 Å². The molecule has 0 saturated carbocycles. The third kappa shape index (κ3) is 4.13. The average Bonchev–Trinajstić information content (AvgIpc) is 2.59. The number of methoxy groups -OCH3 is 1. The van der Waals surface area contributed by atoms with Gasteiger partial charge in [0.1, 0.15) is 6.04 Å². The molecule has 1 saturated heterocycles. The average molecular weight is 335 g/mol. The summed E-state index contributed by atoms with van der Waals surface area (Å²) in [5, 5.41) is 12.0. The van der Waals surface area contributed by atoms with Crippen molar-refractivity contribution in [1.29, 1.82) is 0 Å². The van der Waals surface area contributed by atoms with E-state index in [2.05, 4.69) is 5.32 Å². The zero-order chi connectivity index (χ0) is 17.6. The summed E-state index contributed by atoms with van der Waals surface area (Å²) in [5.74, 6) is -1.30. The molecule has 2 N–H and O–H groups in total. The molecular formula is C18H25NO5. The number of carboxylic acids is 1. The number of carbonyl (C=O) groups is 2. The second-order valence-electron chi connectivity index (χ2n) is 6.21. The van der Waals surface area contributed by atoms with Gasteiger partial charge in [-0.25, -0.2) is 4.79 Å². The number of hydrogen-bond acceptors (Lipinski definition) is 4. The fourth-order valence-corrected chi connectivity index (χ4v) is 3.03. The maximum absolute atomic E-state index is 13.0. The standard InChI is InChI=1S/C18H25NO5/c1-13-3-5-14(6-4-13)18(8-11-24-12-9-18)17(22)19-15(16(20)21)7-10-23-2/h3-6,15H,7-12H2,1-2H3,(H,19,22)(H,20,21). The molecule has 0 spiro atoms. The molecule has 1 aliphatic rings. The minimum atomic E-state index is -1.05. The summed E-state index contributed by atoms with van der Waals surface area (Å²) in [7, 11) is 1.51. The number of carboxylic acid groups (broad SMARTS) is 1. The van der Waals surface area contributed by atoms with Gasteiger partial charge >= 0.3 is 5.97 Å². The van der Waals surface area contributed by atoms with Crippen molar-refractivity contribution in [3.8, 4) is 0 Å². The molecule has 1 aliphatic heterocycles. The summed E-state index contributed by atoms with van der Waals surface area (Å²) in [6.45, 7) is 3.23. The Morgan fingerprint density at radius 2 is 1.92 bits per heavy atom. The van der Waals surface area contributed by atoms with Gasteiger partial charge in [-0.05, 0) is 25.3 Å². The molecule has 1 amide bonds. The fraction of sp³-hybridized carbons (Fsp3) is 0.556. The van der Waals surface area contributed by atoms with E-state index in [1.165, 1.54) is 7.11 Å². The first-order chi connectivity index (χ1) is 11.5. The molecule has 1 heterocycles. The van der Waals surface area contributed by atoms with Crippen LogP contribution in [-0.2, 0) is 24.5 Å². The Morgan fingerprint density at radius 3 is 2.46 bits per heavy atom. The summed E-state index contributed by atoms with van der Waals surface area (Å²) >= 11 is 0. The molecule has 24 heavy (non-hydrogen) atoms. The van der Waals surface area contributed by atoms with Crippen LogP contribution in [0.3, 0.4) is 0 Å². The quantitative estimate of drug-likeness (QED) is 0.791. The molecule has 0 bridgehead atoms. The zero-order valence-corrected chi connectivity index (χ0v) is 14.2. The first-order valence-electron chi connectivity index (χ1n) is 8.17. The predicted octanol–water partition coefficient (Wildman–Crippen LogP) is 1.65. The third-order valence-corrected chi connectivity index (χ3v) is 4.60. The summed E-state index contributed by atoms with van der Waals surface area (Å²) in [4.78, 5) is 24.4. The van der Waals surface area contributed by atoms with Crippen LogP contribution in [0.5, 0.6) is 0 Å². The van der Waals surface area contributed by atoms with Crippen LogP contribution in [0, 0.1) is 6.92 Å². The molecule has 1 atom stereocenters. The van der Waals surface area contributed by atoms with E-state index in [1.54, 1.807) is 0 Å². The summed E-state index contributed by atoms with van der Waals surface area (Å²) in [6, 6.07) is 6.89. The Balaban J connectivity index is 2.24. The number of rotatable bonds is 7. The molecule has 0 aliphatic carbocycles. The van der Waals surface area contributed by atoms with Crippen LogP contribution < -0.4 is 5.32 Å². The number of ether oxygens (including phenoxy) is 2. The molecule has 6 nitrogen and oxygen atoms in total. The molecule has 1 aromatic rings. The van der Waals surface area contributed by atoms with Gasteiger partial charge in [-0.3, -0.25) is 4.79 Å². The SMILES string of the molecule is COCCC(NC(=O)C1(c2ccc(C)cc2)CCOCC1)C(=O)O. The van der Waals surface area contributed by atoms with Gasteiger partial charge in [0.05, 0.1) is 5.41 Å². The number of aliphatic carboxylic acids is 1. The number of hydrogen-bond donors (Lipinski definition) is 2. The van der Waals surface area contributed by atoms with Crippen molar-refractivity contribution >= 4 is 11.9 Å². The lowest BCUT2D eigenvalue weighted by Gasteiger charge is -2.37. The minimum Gasteiger partial charge on any atom is -0.480 e. The predicted molar refractivity (Wildman–Crippen MR) is 89.0 cm³/mol. The van der Waals surface area contributed by atoms with E-state index >= 15 is 0 Å². The van der Waals surface area contributed by atoms with Crippen LogP contribution in [-0.4, -0.2) is 50.0 Å². The highest BCUT2D eigenvalue weighted by Gasteiger charge is 2.42. The van der Waals surface area contributed by atoms with E-state index in [4.69, 9.17) is 9.47 Å². The van der Waals surface area contributed by atoms with Crippen LogP contribution in [0.25, 0.3) is 0 Å². The fourth-order valence-electron chi connectivity index (χ4n) is 3.03. The largest absolute Gasteiger partial charge is 0.480 e. The second kappa shape index (κ2) is 8.26. The van der Waals surface area contributed by atoms with E-state index in [0.29, 0.717) is 26.1 Å². The lowest BCUT2D eigenvalue weighted by Crippen LogP contribution is -2.53. The maximum Gasteiger partial charge on any atom is 0.326 e. The van der Waals surface area contributed by atoms with E-state index in [1.807, 2.05) is 31.2 Å². The normalized spacial score (nSPS) is 17.9. The Labute approximate surface area is 142 Å². The monoisotopic (exact) mass is 335 g/mol. The zero-order valence-electron chi connectivity index (χ0n) is 14.2. The molecular weight excluding hydrogens is 310 g/mol. The number of carbonyl (C=O) groups excluding carboxylic acids is 1. The first kappa shape index (κ1) is 18.4. The van der Waals surface area contributed by atoms with Crippen molar-refractivity contribution in [3.05, 3.63) is 35.4 Å². The topological polar surface area (TPSA) is 84.9 Å². The van der Waals surface area contributed by atoms with Gasteiger partial charge in [0.2, 0.25) is 5.91 Å². The molecule has 6 heteroatoms. The molecule has 1 unspecified atom stereocenters. The van der Waals surface area contributed by atoms with Crippen LogP contribution in [0.2, 0.25) is 0 Å². The number of benzene rings is 1. The minimum absolute atomic E-state index is 0.234. The Hall–Kier alpha value is -1.92. The Morgan fingerprint density at radius 1 is 1.29 bits per heavy atom. The number of amides is 1. The molecule has 2 rings (SSSR count). The number of aryl methyl sites for hydroxylation is 1. The van der Waals surface area contributed by atoms with Gasteiger partial charge in [0.25, 0.3) is 0 Å². The van der Waals surface area contributed by atoms with E-state index in [-0.39, 0.29) is 18.9 Å². The van der Waals surface area contributed by atoms with Crippen molar-refractivity contribution in [2.24, 2.45) is 0 Å². The lowest BCUT2D eigenvalue weighted by atomic mass is 9.73.